The van der Waals surface area contributed by atoms with Gasteiger partial charge in [0.05, 0.1) is 33.4 Å². The van der Waals surface area contributed by atoms with Gasteiger partial charge in [-0.1, -0.05) is 29.8 Å². The standard InChI is InChI=1S/C23H20ClF4N3O3S2/c1-12-22(35-13(2)29-12)36(33,34)31-9-8-16-15(11-31)6-7-18(24)21(16)30-19(32)10-14-4-3-5-17(20(14)25)23(26,27)28/h3-7H,8-11H2,1-2H3,(H,30,32). The first-order valence-corrected chi connectivity index (χ1v) is 13.3. The second-order valence-corrected chi connectivity index (χ2v) is 12.0. The van der Waals surface area contributed by atoms with E-state index in [9.17, 15) is 30.8 Å². The first kappa shape index (κ1) is 26.5. The van der Waals surface area contributed by atoms with E-state index in [1.54, 1.807) is 19.9 Å². The Kier molecular flexibility index (Phi) is 7.17. The molecule has 36 heavy (non-hydrogen) atoms. The van der Waals surface area contributed by atoms with Gasteiger partial charge in [-0.25, -0.2) is 17.8 Å². The molecule has 2 aromatic carbocycles. The Labute approximate surface area is 214 Å². The monoisotopic (exact) mass is 561 g/mol. The van der Waals surface area contributed by atoms with Crippen molar-refractivity contribution in [3.63, 3.8) is 0 Å². The Hall–Kier alpha value is -2.54. The van der Waals surface area contributed by atoms with Crippen molar-refractivity contribution >= 4 is 44.6 Å². The van der Waals surface area contributed by atoms with Crippen molar-refractivity contribution in [2.45, 2.75) is 43.6 Å². The number of hydrogen-bond donors (Lipinski definition) is 1. The van der Waals surface area contributed by atoms with Crippen LogP contribution in [0.3, 0.4) is 0 Å². The fourth-order valence-electron chi connectivity index (χ4n) is 4.10. The van der Waals surface area contributed by atoms with Gasteiger partial charge in [-0.2, -0.15) is 17.5 Å². The molecule has 0 fully saturated rings. The van der Waals surface area contributed by atoms with Crippen molar-refractivity contribution in [2.24, 2.45) is 0 Å². The highest BCUT2D eigenvalue weighted by Crippen LogP contribution is 2.36. The number of aryl methyl sites for hydroxylation is 2. The number of halogens is 5. The number of carbonyl (C=O) groups is 1. The van der Waals surface area contributed by atoms with E-state index in [4.69, 9.17) is 11.6 Å². The van der Waals surface area contributed by atoms with Crippen LogP contribution in [-0.2, 0) is 40.4 Å². The number of amides is 1. The van der Waals surface area contributed by atoms with Gasteiger partial charge in [0.25, 0.3) is 10.0 Å². The number of rotatable bonds is 5. The molecule has 0 atom stereocenters. The Morgan fingerprint density at radius 3 is 2.58 bits per heavy atom. The molecule has 4 rings (SSSR count). The highest BCUT2D eigenvalue weighted by molar-refractivity contribution is 7.91. The quantitative estimate of drug-likeness (QED) is 0.417. The number of alkyl halides is 3. The first-order chi connectivity index (χ1) is 16.8. The zero-order valence-electron chi connectivity index (χ0n) is 19.0. The van der Waals surface area contributed by atoms with E-state index in [1.165, 1.54) is 10.4 Å². The molecule has 1 N–H and O–H groups in total. The molecule has 0 saturated carbocycles. The molecule has 0 radical (unpaired) electrons. The molecule has 1 aromatic heterocycles. The number of anilines is 1. The normalized spacial score (nSPS) is 14.5. The number of nitrogens with one attached hydrogen (secondary N) is 1. The molecule has 6 nitrogen and oxygen atoms in total. The van der Waals surface area contributed by atoms with Gasteiger partial charge in [0.1, 0.15) is 5.82 Å². The molecular weight excluding hydrogens is 542 g/mol. The average Bonchev–Trinajstić information content (AvgIpc) is 3.14. The Morgan fingerprint density at radius 2 is 1.94 bits per heavy atom. The molecule has 0 saturated heterocycles. The third-order valence-electron chi connectivity index (χ3n) is 5.75. The Balaban J connectivity index is 1.57. The van der Waals surface area contributed by atoms with Gasteiger partial charge >= 0.3 is 6.18 Å². The van der Waals surface area contributed by atoms with Crippen molar-refractivity contribution in [3.8, 4) is 0 Å². The van der Waals surface area contributed by atoms with E-state index in [0.717, 1.165) is 23.5 Å². The van der Waals surface area contributed by atoms with Crippen molar-refractivity contribution in [2.75, 3.05) is 11.9 Å². The fraction of sp³-hybridized carbons (Fsp3) is 0.304. The van der Waals surface area contributed by atoms with Crippen LogP contribution in [0, 0.1) is 19.7 Å². The maximum atomic E-state index is 14.4. The van der Waals surface area contributed by atoms with Gasteiger partial charge in [0.15, 0.2) is 4.21 Å². The number of benzene rings is 2. The predicted octanol–water partition coefficient (Wildman–Crippen LogP) is 5.50. The molecule has 1 amide bonds. The molecule has 1 aliphatic heterocycles. The average molecular weight is 562 g/mol. The predicted molar refractivity (Wildman–Crippen MR) is 128 cm³/mol. The highest BCUT2D eigenvalue weighted by atomic mass is 35.5. The summed E-state index contributed by atoms with van der Waals surface area (Å²) in [4.78, 5) is 16.8. The lowest BCUT2D eigenvalue weighted by Crippen LogP contribution is -2.36. The van der Waals surface area contributed by atoms with Gasteiger partial charge in [-0.3, -0.25) is 4.79 Å². The molecule has 0 bridgehead atoms. The molecule has 0 spiro atoms. The summed E-state index contributed by atoms with van der Waals surface area (Å²) in [5, 5.41) is 3.39. The summed E-state index contributed by atoms with van der Waals surface area (Å²) in [6.45, 7) is 3.52. The zero-order valence-corrected chi connectivity index (χ0v) is 21.4. The third-order valence-corrected chi connectivity index (χ3v) is 9.57. The summed E-state index contributed by atoms with van der Waals surface area (Å²) in [5.74, 6) is -2.26. The summed E-state index contributed by atoms with van der Waals surface area (Å²) in [6.07, 6.45) is -5.29. The van der Waals surface area contributed by atoms with Crippen LogP contribution >= 0.6 is 22.9 Å². The van der Waals surface area contributed by atoms with Gasteiger partial charge in [-0.05, 0) is 49.1 Å². The molecular formula is C23H20ClF4N3O3S2. The summed E-state index contributed by atoms with van der Waals surface area (Å²) in [6, 6.07) is 5.91. The minimum Gasteiger partial charge on any atom is -0.324 e. The zero-order chi connectivity index (χ0) is 26.4. The number of aromatic nitrogens is 1. The van der Waals surface area contributed by atoms with Gasteiger partial charge < -0.3 is 5.32 Å². The largest absolute Gasteiger partial charge is 0.419 e. The van der Waals surface area contributed by atoms with Crippen molar-refractivity contribution < 1.29 is 30.8 Å². The number of fused-ring (bicyclic) bond motifs is 1. The number of carbonyl (C=O) groups excluding carboxylic acids is 1. The van der Waals surface area contributed by atoms with Crippen LogP contribution in [-0.4, -0.2) is 30.2 Å². The third kappa shape index (κ3) is 5.13. The highest BCUT2D eigenvalue weighted by Gasteiger charge is 2.35. The van der Waals surface area contributed by atoms with Gasteiger partial charge in [0, 0.05) is 13.1 Å². The second kappa shape index (κ2) is 9.73. The maximum absolute atomic E-state index is 14.4. The van der Waals surface area contributed by atoms with E-state index >= 15 is 0 Å². The number of sulfonamides is 1. The van der Waals surface area contributed by atoms with E-state index in [-0.39, 0.29) is 34.4 Å². The second-order valence-electron chi connectivity index (χ2n) is 8.26. The van der Waals surface area contributed by atoms with Crippen molar-refractivity contribution in [1.29, 1.82) is 0 Å². The lowest BCUT2D eigenvalue weighted by atomic mass is 9.98. The number of nitrogens with zero attached hydrogens (tertiary/aromatic N) is 2. The molecule has 0 aliphatic carbocycles. The smallest absolute Gasteiger partial charge is 0.324 e. The molecule has 2 heterocycles. The fourth-order valence-corrected chi connectivity index (χ4v) is 7.36. The summed E-state index contributed by atoms with van der Waals surface area (Å²) in [5.41, 5.74) is 0.0339. The Bertz CT molecular complexity index is 1460. The minimum atomic E-state index is -4.89. The molecule has 1 aliphatic rings. The molecule has 192 valence electrons. The van der Waals surface area contributed by atoms with E-state index < -0.39 is 45.5 Å². The first-order valence-electron chi connectivity index (χ1n) is 10.7. The van der Waals surface area contributed by atoms with Crippen molar-refractivity contribution in [1.82, 2.24) is 9.29 Å². The molecule has 0 unspecified atom stereocenters. The van der Waals surface area contributed by atoms with Crippen LogP contribution in [0.15, 0.2) is 34.5 Å². The van der Waals surface area contributed by atoms with E-state index in [0.29, 0.717) is 27.9 Å². The number of thiazole rings is 1. The summed E-state index contributed by atoms with van der Waals surface area (Å²) in [7, 11) is -3.79. The topological polar surface area (TPSA) is 79.4 Å². The van der Waals surface area contributed by atoms with E-state index in [2.05, 4.69) is 10.3 Å². The van der Waals surface area contributed by atoms with Crippen LogP contribution < -0.4 is 5.32 Å². The molecule has 13 heteroatoms. The van der Waals surface area contributed by atoms with Crippen LogP contribution in [0.4, 0.5) is 23.2 Å². The van der Waals surface area contributed by atoms with Gasteiger partial charge in [0.2, 0.25) is 5.91 Å². The minimum absolute atomic E-state index is 0.0380. The summed E-state index contributed by atoms with van der Waals surface area (Å²) < 4.78 is 81.2. The molecule has 3 aromatic rings. The van der Waals surface area contributed by atoms with Crippen LogP contribution in [0.2, 0.25) is 5.02 Å². The SMILES string of the molecule is Cc1nc(C)c(S(=O)(=O)N2CCc3c(ccc(Cl)c3NC(=O)Cc3cccc(C(F)(F)F)c3F)C2)s1. The summed E-state index contributed by atoms with van der Waals surface area (Å²) >= 11 is 7.39. The van der Waals surface area contributed by atoms with Gasteiger partial charge in [-0.15, -0.1) is 11.3 Å². The van der Waals surface area contributed by atoms with Crippen molar-refractivity contribution in [3.05, 3.63) is 74.1 Å². The lowest BCUT2D eigenvalue weighted by molar-refractivity contribution is -0.140. The van der Waals surface area contributed by atoms with Crippen LogP contribution in [0.5, 0.6) is 0 Å². The van der Waals surface area contributed by atoms with Crippen LogP contribution in [0.25, 0.3) is 0 Å². The Morgan fingerprint density at radius 1 is 1.22 bits per heavy atom. The lowest BCUT2D eigenvalue weighted by Gasteiger charge is -2.29. The maximum Gasteiger partial charge on any atom is 0.419 e. The van der Waals surface area contributed by atoms with Crippen LogP contribution in [0.1, 0.15) is 33.0 Å². The van der Waals surface area contributed by atoms with E-state index in [1.807, 2.05) is 0 Å². The number of hydrogen-bond acceptors (Lipinski definition) is 5.